The van der Waals surface area contributed by atoms with Crippen LogP contribution in [-0.2, 0) is 11.8 Å². The second-order valence-corrected chi connectivity index (χ2v) is 6.65. The van der Waals surface area contributed by atoms with Crippen molar-refractivity contribution in [3.63, 3.8) is 0 Å². The van der Waals surface area contributed by atoms with Gasteiger partial charge in [0.1, 0.15) is 11.9 Å². The molecule has 2 atom stereocenters. The number of aryl methyl sites for hydroxylation is 1. The lowest BCUT2D eigenvalue weighted by Gasteiger charge is -2.20. The first-order chi connectivity index (χ1) is 11.9. The van der Waals surface area contributed by atoms with E-state index in [9.17, 15) is 9.18 Å². The van der Waals surface area contributed by atoms with Crippen LogP contribution in [-0.4, -0.2) is 28.5 Å². The Hall–Kier alpha value is -1.83. The lowest BCUT2D eigenvalue weighted by molar-refractivity contribution is 0.0998. The smallest absolute Gasteiger partial charge is 0.319 e. The Kier molecular flexibility index (Phi) is 5.17. The highest BCUT2D eigenvalue weighted by Gasteiger charge is 2.33. The number of rotatable bonds is 3. The van der Waals surface area contributed by atoms with Gasteiger partial charge >= 0.3 is 6.03 Å². The van der Waals surface area contributed by atoms with Gasteiger partial charge in [0, 0.05) is 24.9 Å². The van der Waals surface area contributed by atoms with E-state index in [1.54, 1.807) is 10.9 Å². The van der Waals surface area contributed by atoms with Crippen molar-refractivity contribution in [2.24, 2.45) is 7.05 Å². The summed E-state index contributed by atoms with van der Waals surface area (Å²) < 4.78 is 21.4. The van der Waals surface area contributed by atoms with Crippen molar-refractivity contribution in [1.82, 2.24) is 15.1 Å². The van der Waals surface area contributed by atoms with E-state index >= 15 is 0 Å². The number of hydrogen-bond acceptors (Lipinski definition) is 3. The number of urea groups is 1. The van der Waals surface area contributed by atoms with E-state index < -0.39 is 11.8 Å². The van der Waals surface area contributed by atoms with Gasteiger partial charge in [-0.3, -0.25) is 4.68 Å². The van der Waals surface area contributed by atoms with Crippen LogP contribution in [0.3, 0.4) is 0 Å². The number of anilines is 1. The van der Waals surface area contributed by atoms with E-state index in [2.05, 4.69) is 15.7 Å². The standard InChI is InChI=1S/C16H17Cl2FN4O2/c1-8-9(7-20-23(8)2)15-13(3-4-25-15)21-16(24)22-14-6-11(18)10(17)5-12(14)19/h5-7,13,15H,3-4H2,1-2H3,(H2,21,22,24)/t13-,15+/m0/s1. The molecule has 134 valence electrons. The molecular weight excluding hydrogens is 370 g/mol. The van der Waals surface area contributed by atoms with Crippen LogP contribution in [0.2, 0.25) is 10.0 Å². The summed E-state index contributed by atoms with van der Waals surface area (Å²) in [6, 6.07) is 1.54. The van der Waals surface area contributed by atoms with Crippen molar-refractivity contribution < 1.29 is 13.9 Å². The molecule has 0 aliphatic carbocycles. The van der Waals surface area contributed by atoms with Gasteiger partial charge in [-0.15, -0.1) is 0 Å². The summed E-state index contributed by atoms with van der Waals surface area (Å²) in [6.45, 7) is 2.46. The fraction of sp³-hybridized carbons (Fsp3) is 0.375. The largest absolute Gasteiger partial charge is 0.371 e. The molecule has 0 bridgehead atoms. The van der Waals surface area contributed by atoms with Gasteiger partial charge in [-0.1, -0.05) is 23.2 Å². The normalized spacial score (nSPS) is 19.9. The predicted octanol–water partition coefficient (Wildman–Crippen LogP) is 3.83. The maximum absolute atomic E-state index is 13.9. The number of carbonyl (C=O) groups excluding carboxylic acids is 1. The third-order valence-electron chi connectivity index (χ3n) is 4.25. The first-order valence-electron chi connectivity index (χ1n) is 7.69. The van der Waals surface area contributed by atoms with Crippen LogP contribution in [0, 0.1) is 12.7 Å². The number of amides is 2. The molecular formula is C16H17Cl2FN4O2. The van der Waals surface area contributed by atoms with Gasteiger partial charge in [0.25, 0.3) is 0 Å². The zero-order chi connectivity index (χ0) is 18.1. The highest BCUT2D eigenvalue weighted by atomic mass is 35.5. The molecule has 1 aliphatic heterocycles. The van der Waals surface area contributed by atoms with Crippen LogP contribution in [0.25, 0.3) is 0 Å². The molecule has 0 spiro atoms. The monoisotopic (exact) mass is 386 g/mol. The Labute approximate surface area is 154 Å². The maximum Gasteiger partial charge on any atom is 0.319 e. The number of ether oxygens (including phenoxy) is 1. The molecule has 1 aliphatic rings. The summed E-state index contributed by atoms with van der Waals surface area (Å²) in [6.07, 6.45) is 2.09. The van der Waals surface area contributed by atoms with Crippen LogP contribution in [0.4, 0.5) is 14.9 Å². The molecule has 2 aromatic rings. The van der Waals surface area contributed by atoms with Gasteiger partial charge in [0.15, 0.2) is 0 Å². The van der Waals surface area contributed by atoms with Crippen molar-refractivity contribution in [2.45, 2.75) is 25.5 Å². The molecule has 9 heteroatoms. The molecule has 0 radical (unpaired) electrons. The van der Waals surface area contributed by atoms with Crippen LogP contribution in [0.5, 0.6) is 0 Å². The number of carbonyl (C=O) groups is 1. The van der Waals surface area contributed by atoms with Crippen molar-refractivity contribution >= 4 is 34.9 Å². The topological polar surface area (TPSA) is 68.2 Å². The van der Waals surface area contributed by atoms with Gasteiger partial charge in [-0.25, -0.2) is 9.18 Å². The predicted molar refractivity (Wildman–Crippen MR) is 93.6 cm³/mol. The summed E-state index contributed by atoms with van der Waals surface area (Å²) in [4.78, 5) is 12.2. The second-order valence-electron chi connectivity index (χ2n) is 5.84. The molecule has 1 aromatic carbocycles. The molecule has 2 amide bonds. The quantitative estimate of drug-likeness (QED) is 0.787. The molecule has 0 saturated carbocycles. The van der Waals surface area contributed by atoms with Crippen molar-refractivity contribution in [3.8, 4) is 0 Å². The van der Waals surface area contributed by atoms with Gasteiger partial charge < -0.3 is 15.4 Å². The molecule has 1 fully saturated rings. The van der Waals surface area contributed by atoms with Crippen LogP contribution >= 0.6 is 23.2 Å². The van der Waals surface area contributed by atoms with Crippen LogP contribution in [0.1, 0.15) is 23.8 Å². The number of nitrogens with zero attached hydrogens (tertiary/aromatic N) is 2. The third-order valence-corrected chi connectivity index (χ3v) is 4.97. The summed E-state index contributed by atoms with van der Waals surface area (Å²) in [7, 11) is 1.84. The zero-order valence-electron chi connectivity index (χ0n) is 13.6. The Bertz CT molecular complexity index is 812. The van der Waals surface area contributed by atoms with Crippen molar-refractivity contribution in [3.05, 3.63) is 45.4 Å². The van der Waals surface area contributed by atoms with E-state index in [-0.39, 0.29) is 27.9 Å². The van der Waals surface area contributed by atoms with Crippen molar-refractivity contribution in [2.75, 3.05) is 11.9 Å². The lowest BCUT2D eigenvalue weighted by Crippen LogP contribution is -2.39. The van der Waals surface area contributed by atoms with E-state index in [0.29, 0.717) is 13.0 Å². The van der Waals surface area contributed by atoms with E-state index in [1.165, 1.54) is 6.07 Å². The SMILES string of the molecule is Cc1c([C@H]2OCC[C@@H]2NC(=O)Nc2cc(Cl)c(Cl)cc2F)cnn1C. The molecule has 3 rings (SSSR count). The van der Waals surface area contributed by atoms with E-state index in [1.807, 2.05) is 14.0 Å². The number of hydrogen-bond donors (Lipinski definition) is 2. The average Bonchev–Trinajstić information content (AvgIpc) is 3.12. The minimum absolute atomic E-state index is 0.0417. The van der Waals surface area contributed by atoms with E-state index in [4.69, 9.17) is 27.9 Å². The summed E-state index contributed by atoms with van der Waals surface area (Å²) in [5.74, 6) is -0.660. The fourth-order valence-corrected chi connectivity index (χ4v) is 3.10. The average molecular weight is 387 g/mol. The molecule has 25 heavy (non-hydrogen) atoms. The molecule has 1 saturated heterocycles. The van der Waals surface area contributed by atoms with E-state index in [0.717, 1.165) is 17.3 Å². The van der Waals surface area contributed by atoms with Crippen molar-refractivity contribution in [1.29, 1.82) is 0 Å². The van der Waals surface area contributed by atoms with Crippen LogP contribution in [0.15, 0.2) is 18.3 Å². The second kappa shape index (κ2) is 7.19. The minimum Gasteiger partial charge on any atom is -0.371 e. The Morgan fingerprint density at radius 3 is 2.80 bits per heavy atom. The molecule has 1 aromatic heterocycles. The van der Waals surface area contributed by atoms with Gasteiger partial charge in [0.05, 0.1) is 28.0 Å². The first kappa shape index (κ1) is 18.0. The number of benzene rings is 1. The minimum atomic E-state index is -0.660. The molecule has 2 N–H and O–H groups in total. The maximum atomic E-state index is 13.9. The highest BCUT2D eigenvalue weighted by molar-refractivity contribution is 6.42. The molecule has 0 unspecified atom stereocenters. The first-order valence-corrected chi connectivity index (χ1v) is 8.44. The summed E-state index contributed by atoms with van der Waals surface area (Å²) >= 11 is 11.6. The van der Waals surface area contributed by atoms with Gasteiger partial charge in [-0.05, 0) is 25.5 Å². The highest BCUT2D eigenvalue weighted by Crippen LogP contribution is 2.31. The number of halogens is 3. The Balaban J connectivity index is 1.70. The number of aromatic nitrogens is 2. The fourth-order valence-electron chi connectivity index (χ4n) is 2.78. The molecule has 2 heterocycles. The Morgan fingerprint density at radius 2 is 2.12 bits per heavy atom. The van der Waals surface area contributed by atoms with Gasteiger partial charge in [0.2, 0.25) is 0 Å². The van der Waals surface area contributed by atoms with Crippen LogP contribution < -0.4 is 10.6 Å². The molecule has 6 nitrogen and oxygen atoms in total. The third kappa shape index (κ3) is 3.73. The summed E-state index contributed by atoms with van der Waals surface area (Å²) in [5.41, 5.74) is 1.85. The summed E-state index contributed by atoms with van der Waals surface area (Å²) in [5, 5.41) is 9.72. The Morgan fingerprint density at radius 1 is 1.40 bits per heavy atom. The van der Waals surface area contributed by atoms with Gasteiger partial charge in [-0.2, -0.15) is 5.10 Å². The zero-order valence-corrected chi connectivity index (χ0v) is 15.2. The lowest BCUT2D eigenvalue weighted by atomic mass is 10.0. The number of nitrogens with one attached hydrogen (secondary N) is 2.